The maximum atomic E-state index is 12.8. The van der Waals surface area contributed by atoms with E-state index in [-0.39, 0.29) is 5.91 Å². The summed E-state index contributed by atoms with van der Waals surface area (Å²) in [5.74, 6) is 0.0184. The van der Waals surface area contributed by atoms with Crippen LogP contribution in [0.15, 0.2) is 41.5 Å². The highest BCUT2D eigenvalue weighted by atomic mass is 35.5. The predicted octanol–water partition coefficient (Wildman–Crippen LogP) is 5.76. The fourth-order valence-corrected chi connectivity index (χ4v) is 4.64. The van der Waals surface area contributed by atoms with E-state index in [9.17, 15) is 4.79 Å². The molecule has 4 rings (SSSR count). The summed E-state index contributed by atoms with van der Waals surface area (Å²) in [7, 11) is 0. The number of aromatic nitrogens is 1. The van der Waals surface area contributed by atoms with Gasteiger partial charge in [0.25, 0.3) is 5.91 Å². The zero-order valence-electron chi connectivity index (χ0n) is 17.4. The van der Waals surface area contributed by atoms with E-state index in [0.29, 0.717) is 41.8 Å². The summed E-state index contributed by atoms with van der Waals surface area (Å²) in [4.78, 5) is 21.6. The van der Waals surface area contributed by atoms with Gasteiger partial charge < -0.3 is 9.80 Å². The molecule has 0 aliphatic carbocycles. The quantitative estimate of drug-likeness (QED) is 0.376. The van der Waals surface area contributed by atoms with Crippen molar-refractivity contribution in [2.75, 3.05) is 36.5 Å². The van der Waals surface area contributed by atoms with E-state index in [4.69, 9.17) is 28.2 Å². The van der Waals surface area contributed by atoms with Crippen LogP contribution in [-0.4, -0.2) is 47.7 Å². The van der Waals surface area contributed by atoms with Crippen molar-refractivity contribution in [2.24, 2.45) is 5.10 Å². The van der Waals surface area contributed by atoms with Gasteiger partial charge in [-0.3, -0.25) is 10.2 Å². The largest absolute Gasteiger partial charge is 0.365 e. The van der Waals surface area contributed by atoms with Gasteiger partial charge in [-0.2, -0.15) is 5.10 Å². The van der Waals surface area contributed by atoms with E-state index in [1.165, 1.54) is 0 Å². The number of benzene rings is 2. The number of nitrogens with one attached hydrogen (secondary N) is 1. The number of nitrogens with zero attached hydrogens (tertiary/aromatic N) is 4. The Morgan fingerprint density at radius 2 is 1.84 bits per heavy atom. The third-order valence-electron chi connectivity index (χ3n) is 5.31. The molecule has 1 N–H and O–H groups in total. The van der Waals surface area contributed by atoms with Gasteiger partial charge in [-0.25, -0.2) is 4.98 Å². The van der Waals surface area contributed by atoms with E-state index in [0.717, 1.165) is 33.2 Å². The second-order valence-corrected chi connectivity index (χ2v) is 9.23. The lowest BCUT2D eigenvalue weighted by Crippen LogP contribution is -2.49. The van der Waals surface area contributed by atoms with Crippen molar-refractivity contribution in [3.63, 3.8) is 0 Å². The number of rotatable bonds is 5. The Morgan fingerprint density at radius 1 is 1.13 bits per heavy atom. The highest BCUT2D eigenvalue weighted by Gasteiger charge is 2.25. The fraction of sp³-hybridized carbons (Fsp3) is 0.318. The van der Waals surface area contributed by atoms with Crippen LogP contribution >= 0.6 is 34.5 Å². The van der Waals surface area contributed by atoms with Gasteiger partial charge in [0.05, 0.1) is 15.4 Å². The molecule has 1 amide bonds. The van der Waals surface area contributed by atoms with Crippen molar-refractivity contribution in [1.29, 1.82) is 0 Å². The number of piperazine rings is 1. The van der Waals surface area contributed by atoms with Crippen molar-refractivity contribution in [3.8, 4) is 0 Å². The zero-order valence-corrected chi connectivity index (χ0v) is 19.7. The zero-order chi connectivity index (χ0) is 22.0. The molecule has 3 aromatic rings. The Labute approximate surface area is 195 Å². The number of hydrogen-bond donors (Lipinski definition) is 1. The normalized spacial score (nSPS) is 14.9. The van der Waals surface area contributed by atoms with Gasteiger partial charge in [0.1, 0.15) is 5.52 Å². The molecule has 1 saturated heterocycles. The molecule has 9 heteroatoms. The van der Waals surface area contributed by atoms with Gasteiger partial charge in [0, 0.05) is 42.5 Å². The summed E-state index contributed by atoms with van der Waals surface area (Å²) in [5.41, 5.74) is 6.49. The first-order valence-electron chi connectivity index (χ1n) is 10.1. The van der Waals surface area contributed by atoms with Crippen LogP contribution in [0.5, 0.6) is 0 Å². The number of anilines is 2. The molecule has 2 aromatic carbocycles. The lowest BCUT2D eigenvalue weighted by atomic mass is 10.1. The summed E-state index contributed by atoms with van der Waals surface area (Å²) in [6.07, 6.45) is 0.883. The molecule has 0 unspecified atom stereocenters. The smallest absolute Gasteiger partial charge is 0.253 e. The average Bonchev–Trinajstić information content (AvgIpc) is 3.20. The summed E-state index contributed by atoms with van der Waals surface area (Å²) in [6, 6.07) is 10.9. The van der Waals surface area contributed by atoms with E-state index in [2.05, 4.69) is 22.4 Å². The minimum absolute atomic E-state index is 0.0184. The van der Waals surface area contributed by atoms with Gasteiger partial charge in [0.2, 0.25) is 5.13 Å². The molecule has 1 fully saturated rings. The topological polar surface area (TPSA) is 60.8 Å². The van der Waals surface area contributed by atoms with Crippen molar-refractivity contribution in [3.05, 3.63) is 52.0 Å². The Morgan fingerprint density at radius 3 is 2.52 bits per heavy atom. The number of halogens is 2. The number of carbonyl (C=O) groups is 1. The molecule has 1 aromatic heterocycles. The molecular formula is C22H23Cl2N5OS. The van der Waals surface area contributed by atoms with Crippen LogP contribution in [0.2, 0.25) is 10.0 Å². The van der Waals surface area contributed by atoms with Gasteiger partial charge in [-0.05, 0) is 49.7 Å². The second kappa shape index (κ2) is 9.42. The van der Waals surface area contributed by atoms with Crippen LogP contribution < -0.4 is 10.3 Å². The number of hydrazone groups is 1. The Kier molecular flexibility index (Phi) is 6.65. The molecule has 2 heterocycles. The van der Waals surface area contributed by atoms with Crippen molar-refractivity contribution >= 4 is 67.2 Å². The summed E-state index contributed by atoms with van der Waals surface area (Å²) in [5, 5.41) is 6.37. The summed E-state index contributed by atoms with van der Waals surface area (Å²) >= 11 is 14.1. The molecular weight excluding hydrogens is 453 g/mol. The molecule has 0 saturated carbocycles. The van der Waals surface area contributed by atoms with Gasteiger partial charge in [-0.1, -0.05) is 41.5 Å². The van der Waals surface area contributed by atoms with Crippen LogP contribution in [0.1, 0.15) is 30.6 Å². The summed E-state index contributed by atoms with van der Waals surface area (Å²) < 4.78 is 1.05. The number of thiazole rings is 1. The monoisotopic (exact) mass is 475 g/mol. The molecule has 0 bridgehead atoms. The molecule has 0 radical (unpaired) electrons. The first kappa shape index (κ1) is 21.9. The Balaban J connectivity index is 1.51. The highest BCUT2D eigenvalue weighted by Crippen LogP contribution is 2.38. The molecule has 0 atom stereocenters. The number of carbonyl (C=O) groups excluding carboxylic acids is 1. The molecule has 6 nitrogen and oxygen atoms in total. The number of hydrogen-bond acceptors (Lipinski definition) is 6. The SMILES string of the molecule is CC/C(C)=N\Nc1nc2c(N3CCN(C(=O)c4ccc(Cl)cc4)CC3)c(Cl)ccc2s1. The Hall–Kier alpha value is -2.35. The average molecular weight is 476 g/mol. The minimum atomic E-state index is 0.0184. The maximum Gasteiger partial charge on any atom is 0.253 e. The van der Waals surface area contributed by atoms with Crippen molar-refractivity contribution < 1.29 is 4.79 Å². The van der Waals surface area contributed by atoms with E-state index < -0.39 is 0 Å². The number of amides is 1. The van der Waals surface area contributed by atoms with Gasteiger partial charge in [-0.15, -0.1) is 0 Å². The molecule has 31 heavy (non-hydrogen) atoms. The van der Waals surface area contributed by atoms with E-state index in [1.54, 1.807) is 35.6 Å². The highest BCUT2D eigenvalue weighted by molar-refractivity contribution is 7.22. The van der Waals surface area contributed by atoms with Crippen molar-refractivity contribution in [2.45, 2.75) is 20.3 Å². The predicted molar refractivity (Wildman–Crippen MR) is 131 cm³/mol. The van der Waals surface area contributed by atoms with Gasteiger partial charge >= 0.3 is 0 Å². The Bertz CT molecular complexity index is 1120. The minimum Gasteiger partial charge on any atom is -0.365 e. The third kappa shape index (κ3) is 4.79. The van der Waals surface area contributed by atoms with Crippen LogP contribution in [0.4, 0.5) is 10.8 Å². The lowest BCUT2D eigenvalue weighted by molar-refractivity contribution is 0.0747. The number of fused-ring (bicyclic) bond motifs is 1. The van der Waals surface area contributed by atoms with Crippen LogP contribution in [0.25, 0.3) is 10.2 Å². The molecule has 162 valence electrons. The van der Waals surface area contributed by atoms with Crippen molar-refractivity contribution in [1.82, 2.24) is 9.88 Å². The first-order valence-corrected chi connectivity index (χ1v) is 11.7. The van der Waals surface area contributed by atoms with Crippen LogP contribution in [-0.2, 0) is 0 Å². The maximum absolute atomic E-state index is 12.8. The lowest BCUT2D eigenvalue weighted by Gasteiger charge is -2.36. The standard InChI is InChI=1S/C22H23Cl2N5OS/c1-3-14(2)26-27-22-25-19-18(31-22)9-8-17(24)20(19)28-10-12-29(13-11-28)21(30)15-4-6-16(23)7-5-15/h4-9H,3,10-13H2,1-2H3,(H,25,27)/b26-14-. The third-order valence-corrected chi connectivity index (χ3v) is 6.80. The summed E-state index contributed by atoms with van der Waals surface area (Å²) in [6.45, 7) is 6.64. The van der Waals surface area contributed by atoms with Crippen LogP contribution in [0, 0.1) is 0 Å². The van der Waals surface area contributed by atoms with E-state index >= 15 is 0 Å². The molecule has 1 aliphatic rings. The molecule has 0 spiro atoms. The first-order chi connectivity index (χ1) is 15.0. The molecule has 1 aliphatic heterocycles. The van der Waals surface area contributed by atoms with E-state index in [1.807, 2.05) is 24.0 Å². The fourth-order valence-electron chi connectivity index (χ4n) is 3.43. The second-order valence-electron chi connectivity index (χ2n) is 7.36. The van der Waals surface area contributed by atoms with Gasteiger partial charge in [0.15, 0.2) is 0 Å². The van der Waals surface area contributed by atoms with Crippen LogP contribution in [0.3, 0.4) is 0 Å².